The highest BCUT2D eigenvalue weighted by molar-refractivity contribution is 6.35. The minimum atomic E-state index is -1.34. The number of aliphatic imine (C=N–C) groups is 1. The highest BCUT2D eigenvalue weighted by Crippen LogP contribution is 2.45. The molecule has 0 radical (unpaired) electrons. The summed E-state index contributed by atoms with van der Waals surface area (Å²) >= 11 is 13.0. The van der Waals surface area contributed by atoms with Crippen LogP contribution in [0.15, 0.2) is 114 Å². The van der Waals surface area contributed by atoms with E-state index < -0.39 is 11.6 Å². The summed E-state index contributed by atoms with van der Waals surface area (Å²) < 4.78 is 12.3. The van der Waals surface area contributed by atoms with Gasteiger partial charge in [0, 0.05) is 47.2 Å². The number of rotatable bonds is 15. The van der Waals surface area contributed by atoms with E-state index >= 15 is 0 Å². The lowest BCUT2D eigenvalue weighted by Crippen LogP contribution is -2.48. The van der Waals surface area contributed by atoms with Gasteiger partial charge in [0.05, 0.1) is 6.61 Å². The number of unbranched alkanes of at least 4 members (excludes halogenated alkanes) is 1. The quantitative estimate of drug-likeness (QED) is 0.126. The Hall–Kier alpha value is -4.10. The molecule has 238 valence electrons. The Morgan fingerprint density at radius 2 is 1.67 bits per heavy atom. The van der Waals surface area contributed by atoms with Gasteiger partial charge in [0.15, 0.2) is 11.6 Å². The van der Waals surface area contributed by atoms with E-state index in [-0.39, 0.29) is 18.9 Å². The highest BCUT2D eigenvalue weighted by Gasteiger charge is 2.53. The maximum atomic E-state index is 14.3. The van der Waals surface area contributed by atoms with Crippen LogP contribution < -0.4 is 10.1 Å². The second-order valence-electron chi connectivity index (χ2n) is 11.2. The fraction of sp³-hybridized carbons (Fsp3) is 0.263. The van der Waals surface area contributed by atoms with Crippen molar-refractivity contribution in [1.82, 2.24) is 5.32 Å². The Bertz CT molecular complexity index is 1630. The summed E-state index contributed by atoms with van der Waals surface area (Å²) in [6, 6.07) is 32.8. The van der Waals surface area contributed by atoms with Gasteiger partial charge in [-0.05, 0) is 66.8 Å². The first kappa shape index (κ1) is 33.3. The number of carbonyl (C=O) groups is 1. The zero-order chi connectivity index (χ0) is 32.2. The fourth-order valence-electron chi connectivity index (χ4n) is 5.40. The summed E-state index contributed by atoms with van der Waals surface area (Å²) in [5.74, 6) is 0.767. The van der Waals surface area contributed by atoms with E-state index in [1.807, 2.05) is 84.9 Å². The van der Waals surface area contributed by atoms with Crippen LogP contribution in [0.25, 0.3) is 6.08 Å². The van der Waals surface area contributed by atoms with E-state index in [0.717, 1.165) is 24.8 Å². The fourth-order valence-corrected chi connectivity index (χ4v) is 5.91. The standard InChI is InChI=1S/C38H38Cl2N2O4/c39-31-19-22-33(34(40)27-31)35-38(23-9-16-29-13-5-2-6-14-29,37(44)41-24-8-7-15-28-11-3-1-4-12-28)42-36(46-35)30-17-20-32(21-18-30)45-26-10-25-43/h1-6,9,11-14,16-22,27,35,43H,7-8,10,15,23-26H2,(H,41,44)/b16-9+/t35-,38-/m1/s1. The van der Waals surface area contributed by atoms with Crippen LogP contribution in [0.5, 0.6) is 5.75 Å². The normalized spacial score (nSPS) is 17.5. The topological polar surface area (TPSA) is 80.2 Å². The maximum absolute atomic E-state index is 14.3. The number of nitrogens with one attached hydrogen (secondary N) is 1. The number of halogens is 2. The summed E-state index contributed by atoms with van der Waals surface area (Å²) in [6.07, 6.45) is 6.66. The lowest BCUT2D eigenvalue weighted by molar-refractivity contribution is -0.128. The predicted octanol–water partition coefficient (Wildman–Crippen LogP) is 8.25. The molecule has 0 saturated carbocycles. The van der Waals surface area contributed by atoms with Gasteiger partial charge in [-0.2, -0.15) is 0 Å². The molecule has 5 rings (SSSR count). The van der Waals surface area contributed by atoms with Gasteiger partial charge >= 0.3 is 0 Å². The van der Waals surface area contributed by atoms with Crippen molar-refractivity contribution in [3.8, 4) is 5.75 Å². The lowest BCUT2D eigenvalue weighted by Gasteiger charge is -2.30. The summed E-state index contributed by atoms with van der Waals surface area (Å²) in [7, 11) is 0. The first-order valence-electron chi connectivity index (χ1n) is 15.6. The minimum absolute atomic E-state index is 0.0628. The first-order chi connectivity index (χ1) is 22.5. The summed E-state index contributed by atoms with van der Waals surface area (Å²) in [5, 5.41) is 13.1. The molecule has 46 heavy (non-hydrogen) atoms. The Balaban J connectivity index is 1.45. The molecular formula is C38H38Cl2N2O4. The molecule has 1 amide bonds. The molecule has 4 aromatic carbocycles. The van der Waals surface area contributed by atoms with Crippen LogP contribution >= 0.6 is 23.2 Å². The number of amides is 1. The molecule has 0 aliphatic carbocycles. The van der Waals surface area contributed by atoms with Crippen LogP contribution in [0.3, 0.4) is 0 Å². The molecular weight excluding hydrogens is 619 g/mol. The van der Waals surface area contributed by atoms with Crippen molar-refractivity contribution in [3.05, 3.63) is 142 Å². The zero-order valence-electron chi connectivity index (χ0n) is 25.6. The molecule has 0 aromatic heterocycles. The van der Waals surface area contributed by atoms with Crippen molar-refractivity contribution in [2.45, 2.75) is 43.7 Å². The number of nitrogens with zero attached hydrogens (tertiary/aromatic N) is 1. The van der Waals surface area contributed by atoms with Gasteiger partial charge in [0.2, 0.25) is 5.90 Å². The van der Waals surface area contributed by atoms with Crippen molar-refractivity contribution < 1.29 is 19.4 Å². The van der Waals surface area contributed by atoms with Gasteiger partial charge in [0.1, 0.15) is 5.75 Å². The van der Waals surface area contributed by atoms with E-state index in [0.29, 0.717) is 52.4 Å². The van der Waals surface area contributed by atoms with Crippen LogP contribution in [0.4, 0.5) is 0 Å². The van der Waals surface area contributed by atoms with E-state index in [4.69, 9.17) is 42.8 Å². The highest BCUT2D eigenvalue weighted by atomic mass is 35.5. The van der Waals surface area contributed by atoms with Crippen molar-refractivity contribution in [2.75, 3.05) is 19.8 Å². The Morgan fingerprint density at radius 3 is 2.39 bits per heavy atom. The molecule has 0 spiro atoms. The van der Waals surface area contributed by atoms with Crippen LogP contribution in [0.2, 0.25) is 10.0 Å². The molecule has 4 aromatic rings. The molecule has 0 fully saturated rings. The molecule has 1 aliphatic rings. The zero-order valence-corrected chi connectivity index (χ0v) is 27.1. The summed E-state index contributed by atoms with van der Waals surface area (Å²) in [4.78, 5) is 19.4. The maximum Gasteiger partial charge on any atom is 0.252 e. The first-order valence-corrected chi connectivity index (χ1v) is 16.3. The molecule has 0 bridgehead atoms. The third-order valence-electron chi connectivity index (χ3n) is 7.83. The molecule has 0 unspecified atom stereocenters. The molecule has 2 atom stereocenters. The predicted molar refractivity (Wildman–Crippen MR) is 186 cm³/mol. The monoisotopic (exact) mass is 656 g/mol. The Morgan fingerprint density at radius 1 is 0.935 bits per heavy atom. The van der Waals surface area contributed by atoms with Gasteiger partial charge in [-0.3, -0.25) is 4.79 Å². The second kappa shape index (κ2) is 16.5. The second-order valence-corrected chi connectivity index (χ2v) is 12.0. The smallest absolute Gasteiger partial charge is 0.252 e. The van der Waals surface area contributed by atoms with Crippen molar-refractivity contribution >= 4 is 41.1 Å². The molecule has 0 saturated heterocycles. The number of aliphatic hydroxyl groups excluding tert-OH is 1. The molecule has 1 heterocycles. The molecule has 2 N–H and O–H groups in total. The molecule has 1 aliphatic heterocycles. The molecule has 8 heteroatoms. The SMILES string of the molecule is O=C(NCCCCc1ccccc1)[C@]1(C/C=C/c2ccccc2)N=C(c2ccc(OCCCO)cc2)O[C@@H]1c1ccc(Cl)cc1Cl. The van der Waals surface area contributed by atoms with Crippen LogP contribution in [0.1, 0.15) is 54.0 Å². The third-order valence-corrected chi connectivity index (χ3v) is 8.40. The number of aryl methyl sites for hydroxylation is 1. The van der Waals surface area contributed by atoms with Crippen molar-refractivity contribution in [3.63, 3.8) is 0 Å². The molecule has 6 nitrogen and oxygen atoms in total. The minimum Gasteiger partial charge on any atom is -0.494 e. The van der Waals surface area contributed by atoms with Gasteiger partial charge in [-0.1, -0.05) is 102 Å². The van der Waals surface area contributed by atoms with E-state index in [1.54, 1.807) is 18.2 Å². The lowest BCUT2D eigenvalue weighted by atomic mass is 9.84. The number of ether oxygens (including phenoxy) is 2. The van der Waals surface area contributed by atoms with Gasteiger partial charge in [-0.25, -0.2) is 4.99 Å². The summed E-state index contributed by atoms with van der Waals surface area (Å²) in [6.45, 7) is 0.974. The van der Waals surface area contributed by atoms with Gasteiger partial charge in [-0.15, -0.1) is 0 Å². The number of hydrogen-bond acceptors (Lipinski definition) is 5. The Labute approximate surface area is 280 Å². The average Bonchev–Trinajstić information content (AvgIpc) is 3.46. The van der Waals surface area contributed by atoms with E-state index in [1.165, 1.54) is 5.56 Å². The largest absolute Gasteiger partial charge is 0.494 e. The number of carbonyl (C=O) groups excluding carboxylic acids is 1. The van der Waals surface area contributed by atoms with E-state index in [2.05, 4.69) is 17.4 Å². The van der Waals surface area contributed by atoms with E-state index in [9.17, 15) is 4.79 Å². The number of hydrogen-bond donors (Lipinski definition) is 2. The summed E-state index contributed by atoms with van der Waals surface area (Å²) in [5.41, 5.74) is 2.28. The van der Waals surface area contributed by atoms with Crippen molar-refractivity contribution in [2.24, 2.45) is 4.99 Å². The van der Waals surface area contributed by atoms with Crippen LogP contribution in [-0.2, 0) is 16.0 Å². The Kier molecular flexibility index (Phi) is 11.9. The number of benzene rings is 4. The third kappa shape index (κ3) is 8.58. The van der Waals surface area contributed by atoms with Gasteiger partial charge in [0.25, 0.3) is 5.91 Å². The van der Waals surface area contributed by atoms with Crippen LogP contribution in [0, 0.1) is 0 Å². The van der Waals surface area contributed by atoms with Crippen molar-refractivity contribution in [1.29, 1.82) is 0 Å². The van der Waals surface area contributed by atoms with Gasteiger partial charge < -0.3 is 19.9 Å². The average molecular weight is 658 g/mol. The number of aliphatic hydroxyl groups is 1. The van der Waals surface area contributed by atoms with Crippen LogP contribution in [-0.4, -0.2) is 42.2 Å².